The molecule has 2 aromatic heterocycles. The van der Waals surface area contributed by atoms with Crippen molar-refractivity contribution < 1.29 is 4.74 Å². The largest absolute Gasteiger partial charge is 0.379 e. The second-order valence-electron chi connectivity index (χ2n) is 15.0. The standard InChI is InChI=1S/C50H50N4O/c1-51(2)39-29-25-35(26-30-39)43(47-41-21-13-15-23-45(41)53(5)49(47)37-17-9-7-10-18-37)33-55-34-44(36-27-31-40(32-28-36)52(3)4)48-42-22-14-16-24-46(42)54(6)50(48)38-19-11-8-12-20-38/h7-32,43-44H,33-34H2,1-6H3. The summed E-state index contributed by atoms with van der Waals surface area (Å²) in [5.74, 6) is -0.0363. The van der Waals surface area contributed by atoms with Gasteiger partial charge in [0.2, 0.25) is 0 Å². The zero-order chi connectivity index (χ0) is 38.1. The Labute approximate surface area is 325 Å². The van der Waals surface area contributed by atoms with Crippen molar-refractivity contribution in [3.05, 3.63) is 180 Å². The molecule has 0 radical (unpaired) electrons. The molecule has 55 heavy (non-hydrogen) atoms. The monoisotopic (exact) mass is 722 g/mol. The van der Waals surface area contributed by atoms with Gasteiger partial charge in [-0.3, -0.25) is 0 Å². The Hall–Kier alpha value is -6.04. The Morgan fingerprint density at radius 1 is 0.436 bits per heavy atom. The maximum atomic E-state index is 7.19. The van der Waals surface area contributed by atoms with Gasteiger partial charge < -0.3 is 23.7 Å². The molecule has 2 heterocycles. The highest BCUT2D eigenvalue weighted by molar-refractivity contribution is 5.94. The first-order valence-electron chi connectivity index (χ1n) is 19.2. The first-order chi connectivity index (χ1) is 26.8. The van der Waals surface area contributed by atoms with Crippen LogP contribution in [0.1, 0.15) is 34.1 Å². The molecule has 0 aliphatic carbocycles. The number of hydrogen-bond donors (Lipinski definition) is 0. The number of nitrogens with zero attached hydrogens (tertiary/aromatic N) is 4. The maximum absolute atomic E-state index is 7.19. The number of fused-ring (bicyclic) bond motifs is 2. The smallest absolute Gasteiger partial charge is 0.0576 e. The van der Waals surface area contributed by atoms with Gasteiger partial charge in [-0.2, -0.15) is 0 Å². The highest BCUT2D eigenvalue weighted by atomic mass is 16.5. The molecular weight excluding hydrogens is 673 g/mol. The van der Waals surface area contributed by atoms with E-state index in [0.29, 0.717) is 13.2 Å². The molecule has 276 valence electrons. The normalized spacial score (nSPS) is 12.6. The van der Waals surface area contributed by atoms with E-state index in [1.165, 1.54) is 77.9 Å². The van der Waals surface area contributed by atoms with Gasteiger partial charge in [-0.25, -0.2) is 0 Å². The molecule has 8 rings (SSSR count). The van der Waals surface area contributed by atoms with E-state index in [1.807, 2.05) is 0 Å². The summed E-state index contributed by atoms with van der Waals surface area (Å²) in [5.41, 5.74) is 14.7. The molecule has 6 aromatic carbocycles. The van der Waals surface area contributed by atoms with Crippen LogP contribution in [-0.4, -0.2) is 50.5 Å². The van der Waals surface area contributed by atoms with Crippen LogP contribution >= 0.6 is 0 Å². The van der Waals surface area contributed by atoms with Crippen molar-refractivity contribution in [1.29, 1.82) is 0 Å². The van der Waals surface area contributed by atoms with E-state index in [0.717, 1.165) is 0 Å². The van der Waals surface area contributed by atoms with E-state index in [-0.39, 0.29) is 11.8 Å². The van der Waals surface area contributed by atoms with Crippen molar-refractivity contribution in [2.75, 3.05) is 51.2 Å². The fourth-order valence-corrected chi connectivity index (χ4v) is 8.45. The molecule has 0 saturated carbocycles. The van der Waals surface area contributed by atoms with E-state index in [9.17, 15) is 0 Å². The SMILES string of the molecule is CN(C)c1ccc(C(COCC(c2ccc(N(C)C)cc2)c2c(-c3ccccc3)n(C)c3ccccc23)c2c(-c3ccccc3)n(C)c3ccccc23)cc1. The van der Waals surface area contributed by atoms with E-state index < -0.39 is 0 Å². The number of ether oxygens (including phenoxy) is 1. The molecule has 0 aliphatic rings. The number of para-hydroxylation sites is 2. The summed E-state index contributed by atoms with van der Waals surface area (Å²) in [4.78, 5) is 4.31. The zero-order valence-corrected chi connectivity index (χ0v) is 32.8. The topological polar surface area (TPSA) is 25.6 Å². The van der Waals surface area contributed by atoms with Crippen LogP contribution < -0.4 is 9.80 Å². The van der Waals surface area contributed by atoms with E-state index in [2.05, 4.69) is 219 Å². The van der Waals surface area contributed by atoms with E-state index in [1.54, 1.807) is 0 Å². The fourth-order valence-electron chi connectivity index (χ4n) is 8.45. The average molecular weight is 723 g/mol. The quantitative estimate of drug-likeness (QED) is 0.126. The second-order valence-corrected chi connectivity index (χ2v) is 15.0. The van der Waals surface area contributed by atoms with Crippen molar-refractivity contribution in [2.45, 2.75) is 11.8 Å². The Kier molecular flexibility index (Phi) is 10.0. The van der Waals surface area contributed by atoms with Crippen molar-refractivity contribution in [3.8, 4) is 22.5 Å². The molecule has 8 aromatic rings. The number of rotatable bonds is 12. The van der Waals surface area contributed by atoms with Gasteiger partial charge in [-0.05, 0) is 69.8 Å². The van der Waals surface area contributed by atoms with Gasteiger partial charge >= 0.3 is 0 Å². The molecule has 5 heteroatoms. The minimum atomic E-state index is -0.0182. The highest BCUT2D eigenvalue weighted by Crippen LogP contribution is 2.44. The minimum Gasteiger partial charge on any atom is -0.379 e. The van der Waals surface area contributed by atoms with Gasteiger partial charge in [0.25, 0.3) is 0 Å². The minimum absolute atomic E-state index is 0.0182. The summed E-state index contributed by atoms with van der Waals surface area (Å²) in [6, 6.07) is 57.3. The van der Waals surface area contributed by atoms with Gasteiger partial charge in [0.05, 0.1) is 24.6 Å². The van der Waals surface area contributed by atoms with Gasteiger partial charge in [0.1, 0.15) is 0 Å². The Morgan fingerprint density at radius 3 is 1.15 bits per heavy atom. The summed E-state index contributed by atoms with van der Waals surface area (Å²) < 4.78 is 11.9. The molecule has 0 N–H and O–H groups in total. The molecule has 5 nitrogen and oxygen atoms in total. The van der Waals surface area contributed by atoms with Crippen LogP contribution in [0.15, 0.2) is 158 Å². The van der Waals surface area contributed by atoms with Gasteiger partial charge in [-0.15, -0.1) is 0 Å². The van der Waals surface area contributed by atoms with Gasteiger partial charge in [-0.1, -0.05) is 121 Å². The lowest BCUT2D eigenvalue weighted by Crippen LogP contribution is -2.17. The lowest BCUT2D eigenvalue weighted by molar-refractivity contribution is 0.121. The predicted molar refractivity (Wildman–Crippen MR) is 233 cm³/mol. The molecule has 0 saturated heterocycles. The summed E-state index contributed by atoms with van der Waals surface area (Å²) >= 11 is 0. The van der Waals surface area contributed by atoms with Crippen LogP contribution in [0.4, 0.5) is 11.4 Å². The number of anilines is 2. The van der Waals surface area contributed by atoms with E-state index >= 15 is 0 Å². The molecule has 0 spiro atoms. The van der Waals surface area contributed by atoms with Crippen molar-refractivity contribution in [3.63, 3.8) is 0 Å². The lowest BCUT2D eigenvalue weighted by atomic mass is 9.87. The predicted octanol–water partition coefficient (Wildman–Crippen LogP) is 11.1. The molecule has 0 aliphatic heterocycles. The number of hydrogen-bond acceptors (Lipinski definition) is 3. The van der Waals surface area contributed by atoms with E-state index in [4.69, 9.17) is 4.74 Å². The molecule has 0 fully saturated rings. The molecule has 0 amide bonds. The fraction of sp³-hybridized carbons (Fsp3) is 0.200. The average Bonchev–Trinajstić information content (AvgIpc) is 3.69. The summed E-state index contributed by atoms with van der Waals surface area (Å²) in [6.07, 6.45) is 0. The summed E-state index contributed by atoms with van der Waals surface area (Å²) in [5, 5.41) is 2.51. The first-order valence-corrected chi connectivity index (χ1v) is 19.2. The zero-order valence-electron chi connectivity index (χ0n) is 32.8. The molecular formula is C50H50N4O. The number of aryl methyl sites for hydroxylation is 2. The second kappa shape index (κ2) is 15.4. The Morgan fingerprint density at radius 2 is 0.782 bits per heavy atom. The van der Waals surface area contributed by atoms with Crippen LogP contribution in [-0.2, 0) is 18.8 Å². The molecule has 2 atom stereocenters. The maximum Gasteiger partial charge on any atom is 0.0576 e. The van der Waals surface area contributed by atoms with Crippen LogP contribution in [0.3, 0.4) is 0 Å². The van der Waals surface area contributed by atoms with Crippen LogP contribution in [0.2, 0.25) is 0 Å². The van der Waals surface area contributed by atoms with Crippen molar-refractivity contribution in [1.82, 2.24) is 9.13 Å². The van der Waals surface area contributed by atoms with Crippen molar-refractivity contribution >= 4 is 33.2 Å². The van der Waals surface area contributed by atoms with Crippen LogP contribution in [0.25, 0.3) is 44.3 Å². The van der Waals surface area contributed by atoms with Crippen molar-refractivity contribution in [2.24, 2.45) is 14.1 Å². The van der Waals surface area contributed by atoms with Crippen LogP contribution in [0.5, 0.6) is 0 Å². The lowest BCUT2D eigenvalue weighted by Gasteiger charge is -2.25. The summed E-state index contributed by atoms with van der Waals surface area (Å²) in [7, 11) is 12.8. The Bertz CT molecular complexity index is 2350. The first kappa shape index (κ1) is 36.0. The van der Waals surface area contributed by atoms with Gasteiger partial charge in [0.15, 0.2) is 0 Å². The Balaban J connectivity index is 1.27. The third-order valence-corrected chi connectivity index (χ3v) is 11.3. The molecule has 2 unspecified atom stereocenters. The number of benzene rings is 6. The van der Waals surface area contributed by atoms with Gasteiger partial charge in [0, 0.05) is 87.3 Å². The van der Waals surface area contributed by atoms with Crippen LogP contribution in [0, 0.1) is 0 Å². The third-order valence-electron chi connectivity index (χ3n) is 11.3. The number of aromatic nitrogens is 2. The summed E-state index contributed by atoms with van der Waals surface area (Å²) in [6.45, 7) is 1.04. The third kappa shape index (κ3) is 6.81. The molecule has 0 bridgehead atoms. The highest BCUT2D eigenvalue weighted by Gasteiger charge is 2.29.